The molecule has 134 valence electrons. The Labute approximate surface area is 145 Å². The monoisotopic (exact) mass is 347 g/mol. The highest BCUT2D eigenvalue weighted by Crippen LogP contribution is 2.17. The molecule has 0 radical (unpaired) electrons. The van der Waals surface area contributed by atoms with Crippen molar-refractivity contribution in [3.8, 4) is 0 Å². The summed E-state index contributed by atoms with van der Waals surface area (Å²) in [5.41, 5.74) is 0.439. The fourth-order valence-corrected chi connectivity index (χ4v) is 3.04. The van der Waals surface area contributed by atoms with Gasteiger partial charge in [-0.05, 0) is 50.4 Å². The highest BCUT2D eigenvalue weighted by atomic mass is 19.1. The van der Waals surface area contributed by atoms with E-state index in [1.54, 1.807) is 19.1 Å². The molecule has 1 aliphatic heterocycles. The minimum absolute atomic E-state index is 0.324. The van der Waals surface area contributed by atoms with Crippen LogP contribution in [0.4, 0.5) is 14.9 Å². The molecule has 3 rings (SSSR count). The summed E-state index contributed by atoms with van der Waals surface area (Å²) in [6.45, 7) is 4.84. The number of likely N-dealkylation sites (tertiary alicyclic amines) is 1. The van der Waals surface area contributed by atoms with E-state index in [1.165, 1.54) is 12.1 Å². The van der Waals surface area contributed by atoms with E-state index in [-0.39, 0.29) is 11.8 Å². The Balaban J connectivity index is 1.43. The summed E-state index contributed by atoms with van der Waals surface area (Å²) >= 11 is 0. The standard InChI is InChI=1S/C17H22FN5O2/c1-12-20-16(25-22-12)11-23-7-3-4-13(10-23)9-19-17(24)21-15-6-2-5-14(18)8-15/h2,5-6,8,13H,3-4,7,9-11H2,1H3,(H2,19,21,24). The van der Waals surface area contributed by atoms with Crippen LogP contribution in [-0.4, -0.2) is 40.7 Å². The van der Waals surface area contributed by atoms with E-state index in [9.17, 15) is 9.18 Å². The topological polar surface area (TPSA) is 83.3 Å². The molecule has 1 aromatic carbocycles. The van der Waals surface area contributed by atoms with E-state index in [0.717, 1.165) is 25.9 Å². The number of rotatable bonds is 5. The molecule has 2 aromatic rings. The van der Waals surface area contributed by atoms with Crippen LogP contribution in [0.25, 0.3) is 0 Å². The van der Waals surface area contributed by atoms with Crippen LogP contribution >= 0.6 is 0 Å². The van der Waals surface area contributed by atoms with Crippen molar-refractivity contribution in [2.75, 3.05) is 25.0 Å². The summed E-state index contributed by atoms with van der Waals surface area (Å²) in [6.07, 6.45) is 2.12. The van der Waals surface area contributed by atoms with Gasteiger partial charge in [0.05, 0.1) is 6.54 Å². The number of carbonyl (C=O) groups is 1. The number of halogens is 1. The van der Waals surface area contributed by atoms with Crippen molar-refractivity contribution in [1.29, 1.82) is 0 Å². The van der Waals surface area contributed by atoms with Gasteiger partial charge in [-0.15, -0.1) is 0 Å². The molecule has 2 heterocycles. The molecule has 2 amide bonds. The Morgan fingerprint density at radius 2 is 2.36 bits per heavy atom. The fraction of sp³-hybridized carbons (Fsp3) is 0.471. The average Bonchev–Trinajstić information content (AvgIpc) is 2.98. The molecular weight excluding hydrogens is 325 g/mol. The minimum atomic E-state index is -0.378. The zero-order chi connectivity index (χ0) is 17.6. The fourth-order valence-electron chi connectivity index (χ4n) is 3.04. The van der Waals surface area contributed by atoms with Crippen molar-refractivity contribution in [1.82, 2.24) is 20.4 Å². The number of aromatic nitrogens is 2. The van der Waals surface area contributed by atoms with Gasteiger partial charge in [0, 0.05) is 18.8 Å². The summed E-state index contributed by atoms with van der Waals surface area (Å²) in [7, 11) is 0. The Kier molecular flexibility index (Phi) is 5.60. The largest absolute Gasteiger partial charge is 0.338 e. The lowest BCUT2D eigenvalue weighted by atomic mass is 9.98. The number of nitrogens with one attached hydrogen (secondary N) is 2. The molecule has 2 N–H and O–H groups in total. The molecule has 0 spiro atoms. The smallest absolute Gasteiger partial charge is 0.319 e. The first-order valence-corrected chi connectivity index (χ1v) is 8.40. The quantitative estimate of drug-likeness (QED) is 0.868. The van der Waals surface area contributed by atoms with Crippen LogP contribution in [0.15, 0.2) is 28.8 Å². The van der Waals surface area contributed by atoms with Gasteiger partial charge >= 0.3 is 6.03 Å². The van der Waals surface area contributed by atoms with Crippen LogP contribution in [0, 0.1) is 18.7 Å². The van der Waals surface area contributed by atoms with Crippen LogP contribution in [0.5, 0.6) is 0 Å². The summed E-state index contributed by atoms with van der Waals surface area (Å²) in [4.78, 5) is 18.4. The summed E-state index contributed by atoms with van der Waals surface area (Å²) in [6, 6.07) is 5.51. The van der Waals surface area contributed by atoms with Crippen molar-refractivity contribution in [3.63, 3.8) is 0 Å². The number of anilines is 1. The number of urea groups is 1. The maximum Gasteiger partial charge on any atom is 0.319 e. The van der Waals surface area contributed by atoms with Gasteiger partial charge in [0.25, 0.3) is 0 Å². The van der Waals surface area contributed by atoms with Crippen LogP contribution < -0.4 is 10.6 Å². The molecule has 7 nitrogen and oxygen atoms in total. The predicted octanol–water partition coefficient (Wildman–Crippen LogP) is 2.55. The second-order valence-electron chi connectivity index (χ2n) is 6.32. The molecule has 1 atom stereocenters. The molecule has 1 aromatic heterocycles. The third kappa shape index (κ3) is 5.25. The normalized spacial score (nSPS) is 18.1. The minimum Gasteiger partial charge on any atom is -0.338 e. The Morgan fingerprint density at radius 1 is 1.48 bits per heavy atom. The van der Waals surface area contributed by atoms with Gasteiger partial charge in [0.2, 0.25) is 5.89 Å². The first-order valence-electron chi connectivity index (χ1n) is 8.40. The van der Waals surface area contributed by atoms with Crippen molar-refractivity contribution >= 4 is 11.7 Å². The third-order valence-electron chi connectivity index (χ3n) is 4.17. The molecule has 8 heteroatoms. The van der Waals surface area contributed by atoms with Gasteiger partial charge in [-0.3, -0.25) is 4.90 Å². The number of hydrogen-bond donors (Lipinski definition) is 2. The van der Waals surface area contributed by atoms with Crippen LogP contribution in [-0.2, 0) is 6.54 Å². The van der Waals surface area contributed by atoms with Crippen LogP contribution in [0.3, 0.4) is 0 Å². The van der Waals surface area contributed by atoms with Gasteiger partial charge in [0.1, 0.15) is 5.82 Å². The van der Waals surface area contributed by atoms with Crippen molar-refractivity contribution < 1.29 is 13.7 Å². The van der Waals surface area contributed by atoms with Crippen LogP contribution in [0.1, 0.15) is 24.6 Å². The molecule has 25 heavy (non-hydrogen) atoms. The van der Waals surface area contributed by atoms with Gasteiger partial charge in [-0.2, -0.15) is 4.98 Å². The molecule has 1 unspecified atom stereocenters. The Bertz CT molecular complexity index is 721. The predicted molar refractivity (Wildman–Crippen MR) is 90.5 cm³/mol. The SMILES string of the molecule is Cc1noc(CN2CCCC(CNC(=O)Nc3cccc(F)c3)C2)n1. The molecular formula is C17H22FN5O2. The van der Waals surface area contributed by atoms with E-state index in [1.807, 2.05) is 0 Å². The maximum atomic E-state index is 13.1. The Hall–Kier alpha value is -2.48. The highest BCUT2D eigenvalue weighted by Gasteiger charge is 2.22. The number of nitrogens with zero attached hydrogens (tertiary/aromatic N) is 3. The van der Waals surface area contributed by atoms with Gasteiger partial charge in [0.15, 0.2) is 5.82 Å². The number of amides is 2. The van der Waals surface area contributed by atoms with E-state index in [4.69, 9.17) is 4.52 Å². The second kappa shape index (κ2) is 8.06. The van der Waals surface area contributed by atoms with E-state index >= 15 is 0 Å². The Morgan fingerprint density at radius 3 is 3.12 bits per heavy atom. The number of aryl methyl sites for hydroxylation is 1. The lowest BCUT2D eigenvalue weighted by Crippen LogP contribution is -2.41. The highest BCUT2D eigenvalue weighted by molar-refractivity contribution is 5.89. The van der Waals surface area contributed by atoms with Gasteiger partial charge in [-0.1, -0.05) is 11.2 Å². The summed E-state index contributed by atoms with van der Waals surface area (Å²) < 4.78 is 18.3. The molecule has 0 saturated carbocycles. The molecule has 1 aliphatic rings. The van der Waals surface area contributed by atoms with E-state index < -0.39 is 0 Å². The molecule has 1 fully saturated rings. The maximum absolute atomic E-state index is 13.1. The van der Waals surface area contributed by atoms with Gasteiger partial charge < -0.3 is 15.2 Å². The number of carbonyl (C=O) groups excluding carboxylic acids is 1. The number of piperidine rings is 1. The van der Waals surface area contributed by atoms with Crippen molar-refractivity contribution in [2.45, 2.75) is 26.3 Å². The molecule has 0 bridgehead atoms. The third-order valence-corrected chi connectivity index (χ3v) is 4.17. The molecule has 0 aliphatic carbocycles. The number of benzene rings is 1. The average molecular weight is 347 g/mol. The van der Waals surface area contributed by atoms with Gasteiger partial charge in [-0.25, -0.2) is 9.18 Å². The number of hydrogen-bond acceptors (Lipinski definition) is 5. The summed E-state index contributed by atoms with van der Waals surface area (Å²) in [5, 5.41) is 9.30. The first kappa shape index (κ1) is 17.3. The van der Waals surface area contributed by atoms with E-state index in [2.05, 4.69) is 25.7 Å². The lowest BCUT2D eigenvalue weighted by molar-refractivity contribution is 0.149. The lowest BCUT2D eigenvalue weighted by Gasteiger charge is -2.31. The molecule has 1 saturated heterocycles. The van der Waals surface area contributed by atoms with Crippen molar-refractivity contribution in [3.05, 3.63) is 41.8 Å². The first-order chi connectivity index (χ1) is 12.1. The summed E-state index contributed by atoms with van der Waals surface area (Å²) in [5.74, 6) is 1.24. The van der Waals surface area contributed by atoms with E-state index in [0.29, 0.717) is 36.4 Å². The zero-order valence-corrected chi connectivity index (χ0v) is 14.2. The van der Waals surface area contributed by atoms with Crippen molar-refractivity contribution in [2.24, 2.45) is 5.92 Å². The second-order valence-corrected chi connectivity index (χ2v) is 6.32. The van der Waals surface area contributed by atoms with Crippen LogP contribution in [0.2, 0.25) is 0 Å². The zero-order valence-electron chi connectivity index (χ0n) is 14.2.